The first-order chi connectivity index (χ1) is 34.9. The fourth-order valence-electron chi connectivity index (χ4n) is 8.47. The largest absolute Gasteiger partial charge is 0.472 e. The lowest BCUT2D eigenvalue weighted by Gasteiger charge is -2.27. The van der Waals surface area contributed by atoms with Crippen LogP contribution in [0.2, 0.25) is 0 Å². The molecular formula is C62H116N2O7P+. The summed E-state index contributed by atoms with van der Waals surface area (Å²) in [6, 6.07) is -0.856. The smallest absolute Gasteiger partial charge is 0.456 e. The van der Waals surface area contributed by atoms with Crippen LogP contribution in [-0.2, 0) is 27.9 Å². The Hall–Kier alpha value is -2.29. The van der Waals surface area contributed by atoms with Gasteiger partial charge < -0.3 is 19.4 Å². The van der Waals surface area contributed by atoms with Crippen LogP contribution in [0.5, 0.6) is 0 Å². The van der Waals surface area contributed by atoms with Gasteiger partial charge in [-0.25, -0.2) is 4.57 Å². The highest BCUT2D eigenvalue weighted by Gasteiger charge is 2.30. The summed E-state index contributed by atoms with van der Waals surface area (Å²) in [5.74, 6) is -0.522. The summed E-state index contributed by atoms with van der Waals surface area (Å²) < 4.78 is 30.6. The summed E-state index contributed by atoms with van der Waals surface area (Å²) in [4.78, 5) is 37.6. The second kappa shape index (κ2) is 52.2. The highest BCUT2D eigenvalue weighted by atomic mass is 31.2. The molecule has 0 aromatic rings. The van der Waals surface area contributed by atoms with E-state index in [1.165, 1.54) is 141 Å². The number of nitrogens with one attached hydrogen (secondary N) is 1. The van der Waals surface area contributed by atoms with Crippen molar-refractivity contribution < 1.29 is 37.3 Å². The quantitative estimate of drug-likeness (QED) is 0.0205. The molecule has 0 radical (unpaired) electrons. The molecule has 0 aromatic heterocycles. The Kier molecular flexibility index (Phi) is 50.5. The lowest BCUT2D eigenvalue weighted by atomic mass is 10.0. The van der Waals surface area contributed by atoms with Crippen molar-refractivity contribution in [1.29, 1.82) is 0 Å². The Morgan fingerprint density at radius 2 is 0.847 bits per heavy atom. The molecule has 9 nitrogen and oxygen atoms in total. The number of unbranched alkanes of at least 4 members (excludes halogenated alkanes) is 30. The van der Waals surface area contributed by atoms with Crippen molar-refractivity contribution in [3.8, 4) is 0 Å². The van der Waals surface area contributed by atoms with Gasteiger partial charge in [-0.05, 0) is 96.0 Å². The third-order valence-corrected chi connectivity index (χ3v) is 14.2. The van der Waals surface area contributed by atoms with Crippen LogP contribution in [-0.4, -0.2) is 74.3 Å². The molecule has 0 heterocycles. The van der Waals surface area contributed by atoms with E-state index >= 15 is 0 Å². The first-order valence-electron chi connectivity index (χ1n) is 30.1. The number of quaternary nitrogens is 1. The maximum absolute atomic E-state index is 13.5. The topological polar surface area (TPSA) is 111 Å². The lowest BCUT2D eigenvalue weighted by Crippen LogP contribution is -2.47. The van der Waals surface area contributed by atoms with Crippen molar-refractivity contribution in [2.24, 2.45) is 0 Å². The molecule has 0 rings (SSSR count). The van der Waals surface area contributed by atoms with Gasteiger partial charge in [0.2, 0.25) is 5.91 Å². The Morgan fingerprint density at radius 1 is 0.486 bits per heavy atom. The summed E-state index contributed by atoms with van der Waals surface area (Å²) in [5.41, 5.74) is 0. The molecule has 3 unspecified atom stereocenters. The summed E-state index contributed by atoms with van der Waals surface area (Å²) in [6.45, 7) is 6.97. The molecule has 0 bridgehead atoms. The Bertz CT molecular complexity index is 1420. The number of hydrogen-bond donors (Lipinski definition) is 2. The molecule has 0 fully saturated rings. The average molecular weight is 1030 g/mol. The van der Waals surface area contributed by atoms with Gasteiger partial charge in [0.25, 0.3) is 0 Å². The van der Waals surface area contributed by atoms with Gasteiger partial charge in [-0.2, -0.15) is 0 Å². The number of carbonyl (C=O) groups excluding carboxylic acids is 2. The van der Waals surface area contributed by atoms with Gasteiger partial charge in [0.1, 0.15) is 19.3 Å². The summed E-state index contributed by atoms with van der Waals surface area (Å²) in [5, 5.41) is 3.05. The Morgan fingerprint density at radius 3 is 1.32 bits per heavy atom. The number of nitrogens with zero attached hydrogens (tertiary/aromatic N) is 1. The van der Waals surface area contributed by atoms with Crippen LogP contribution >= 0.6 is 7.82 Å². The van der Waals surface area contributed by atoms with Gasteiger partial charge in [-0.3, -0.25) is 18.6 Å². The highest BCUT2D eigenvalue weighted by Crippen LogP contribution is 2.43. The number of phosphoric acid groups is 1. The zero-order valence-electron chi connectivity index (χ0n) is 47.9. The van der Waals surface area contributed by atoms with Gasteiger partial charge in [0, 0.05) is 12.8 Å². The van der Waals surface area contributed by atoms with Gasteiger partial charge in [-0.15, -0.1) is 0 Å². The molecule has 0 saturated heterocycles. The zero-order chi connectivity index (χ0) is 52.9. The second-order valence-corrected chi connectivity index (χ2v) is 23.0. The van der Waals surface area contributed by atoms with Gasteiger partial charge in [0.15, 0.2) is 0 Å². The highest BCUT2D eigenvalue weighted by molar-refractivity contribution is 7.47. The number of carbonyl (C=O) groups is 2. The number of likely N-dealkylation sites (N-methyl/N-ethyl adjacent to an activating group) is 1. The second-order valence-electron chi connectivity index (χ2n) is 21.5. The standard InChI is InChI=1S/C62H115N2O7P/c1-7-10-13-16-19-22-25-28-30-31-32-33-35-37-40-43-46-49-52-55-62(66)71-60(53-50-47-44-41-38-27-24-21-18-15-12-9-3)59(58-70-72(67,68)69-57-56-64(4,5)6)63-61(65)54-51-48-45-42-39-36-34-29-26-23-20-17-14-11-8-2/h19,22-23,26,28,30,32-33,50,53,59-60H,7-18,20-21,24-25,27,29,31,34-49,51-52,54-58H2,1-6H3,(H-,63,65,67,68)/p+1/b22-19-,26-23-,30-28-,33-32-,53-50+. The third-order valence-electron chi connectivity index (χ3n) is 13.2. The van der Waals surface area contributed by atoms with E-state index in [4.69, 9.17) is 13.8 Å². The van der Waals surface area contributed by atoms with Crippen LogP contribution in [0.1, 0.15) is 271 Å². The number of phosphoric ester groups is 1. The van der Waals surface area contributed by atoms with Crippen LogP contribution in [0.15, 0.2) is 60.8 Å². The number of ether oxygens (including phenoxy) is 1. The van der Waals surface area contributed by atoms with E-state index in [0.29, 0.717) is 17.4 Å². The van der Waals surface area contributed by atoms with Crippen molar-refractivity contribution in [2.75, 3.05) is 40.9 Å². The Labute approximate surface area is 445 Å². The van der Waals surface area contributed by atoms with Gasteiger partial charge >= 0.3 is 13.8 Å². The molecule has 72 heavy (non-hydrogen) atoms. The summed E-state index contributed by atoms with van der Waals surface area (Å²) >= 11 is 0. The first-order valence-corrected chi connectivity index (χ1v) is 31.6. The van der Waals surface area contributed by atoms with E-state index in [0.717, 1.165) is 96.3 Å². The molecular weight excluding hydrogens is 916 g/mol. The van der Waals surface area contributed by atoms with Crippen LogP contribution in [0.4, 0.5) is 0 Å². The fraction of sp³-hybridized carbons (Fsp3) is 0.806. The first kappa shape index (κ1) is 69.7. The molecule has 0 saturated carbocycles. The average Bonchev–Trinajstić information content (AvgIpc) is 3.34. The predicted octanol–water partition coefficient (Wildman–Crippen LogP) is 18.3. The molecule has 0 spiro atoms. The molecule has 2 N–H and O–H groups in total. The van der Waals surface area contributed by atoms with Crippen molar-refractivity contribution >= 4 is 19.7 Å². The van der Waals surface area contributed by atoms with E-state index in [1.54, 1.807) is 0 Å². The predicted molar refractivity (Wildman–Crippen MR) is 309 cm³/mol. The number of allylic oxidation sites excluding steroid dienone is 9. The molecule has 0 aliphatic heterocycles. The van der Waals surface area contributed by atoms with Crippen molar-refractivity contribution in [2.45, 2.75) is 283 Å². The van der Waals surface area contributed by atoms with Gasteiger partial charge in [0.05, 0.1) is 33.8 Å². The normalized spacial score (nSPS) is 14.2. The number of rotatable bonds is 54. The summed E-state index contributed by atoms with van der Waals surface area (Å²) in [6.07, 6.45) is 64.9. The molecule has 0 aliphatic carbocycles. The molecule has 10 heteroatoms. The minimum atomic E-state index is -4.45. The minimum Gasteiger partial charge on any atom is -0.456 e. The lowest BCUT2D eigenvalue weighted by molar-refractivity contribution is -0.870. The van der Waals surface area contributed by atoms with Crippen molar-refractivity contribution in [3.05, 3.63) is 60.8 Å². The maximum atomic E-state index is 13.5. The van der Waals surface area contributed by atoms with E-state index in [-0.39, 0.29) is 31.5 Å². The maximum Gasteiger partial charge on any atom is 0.472 e. The van der Waals surface area contributed by atoms with Crippen LogP contribution in [0, 0.1) is 0 Å². The van der Waals surface area contributed by atoms with E-state index < -0.39 is 20.0 Å². The zero-order valence-corrected chi connectivity index (χ0v) is 48.8. The fourth-order valence-corrected chi connectivity index (χ4v) is 9.21. The molecule has 3 atom stereocenters. The van der Waals surface area contributed by atoms with E-state index in [2.05, 4.69) is 74.7 Å². The number of amides is 1. The number of hydrogen-bond acceptors (Lipinski definition) is 6. The van der Waals surface area contributed by atoms with Crippen LogP contribution in [0.25, 0.3) is 0 Å². The SMILES string of the molecule is CCCCC/C=C\C/C=C\C/C=C\CCCCCCCCC(=O)OC(/C=C/CCCCCCCCCCCC)C(COP(=O)(O)OCC[N+](C)(C)C)NC(=O)CCCCCCCCC/C=C\CCCCCC. The third kappa shape index (κ3) is 52.6. The molecule has 420 valence electrons. The van der Waals surface area contributed by atoms with Gasteiger partial charge in [-0.1, -0.05) is 223 Å². The molecule has 0 aromatic carbocycles. The molecule has 0 aliphatic rings. The van der Waals surface area contributed by atoms with E-state index in [1.807, 2.05) is 33.3 Å². The minimum absolute atomic E-state index is 0.0361. The summed E-state index contributed by atoms with van der Waals surface area (Å²) in [7, 11) is 1.48. The number of esters is 1. The Balaban J connectivity index is 5.32. The van der Waals surface area contributed by atoms with Crippen molar-refractivity contribution in [3.63, 3.8) is 0 Å². The van der Waals surface area contributed by atoms with E-state index in [9.17, 15) is 19.0 Å². The van der Waals surface area contributed by atoms with Crippen molar-refractivity contribution in [1.82, 2.24) is 5.32 Å². The van der Waals surface area contributed by atoms with Crippen LogP contribution < -0.4 is 5.32 Å². The molecule has 1 amide bonds. The van der Waals surface area contributed by atoms with Crippen LogP contribution in [0.3, 0.4) is 0 Å². The monoisotopic (exact) mass is 1030 g/mol.